The number of rotatable bonds is 6. The maximum Gasteiger partial charge on any atom is 0.193 e. The number of halogens is 1. The lowest BCUT2D eigenvalue weighted by atomic mass is 10.1. The monoisotopic (exact) mass is 378 g/mol. The minimum atomic E-state index is -0.306. The third kappa shape index (κ3) is 3.88. The van der Waals surface area contributed by atoms with Gasteiger partial charge in [0.25, 0.3) is 0 Å². The van der Waals surface area contributed by atoms with Gasteiger partial charge in [-0.2, -0.15) is 5.26 Å². The van der Waals surface area contributed by atoms with Crippen molar-refractivity contribution in [2.24, 2.45) is 0 Å². The van der Waals surface area contributed by atoms with Crippen molar-refractivity contribution in [1.29, 1.82) is 5.26 Å². The van der Waals surface area contributed by atoms with Gasteiger partial charge < -0.3 is 0 Å². The zero-order chi connectivity index (χ0) is 18.8. The molecule has 0 aliphatic heterocycles. The number of aryl methyl sites for hydroxylation is 1. The van der Waals surface area contributed by atoms with Gasteiger partial charge in [0.15, 0.2) is 11.0 Å². The quantitative estimate of drug-likeness (QED) is 0.569. The molecule has 0 unspecified atom stereocenters. The minimum Gasteiger partial charge on any atom is -0.299 e. The third-order valence-corrected chi connectivity index (χ3v) is 5.67. The summed E-state index contributed by atoms with van der Waals surface area (Å²) in [5, 5.41) is 18.6. The van der Waals surface area contributed by atoms with E-state index >= 15 is 0 Å². The Morgan fingerprint density at radius 2 is 1.93 bits per heavy atom. The number of hydrogen-bond acceptors (Lipinski definition) is 4. The Balaban J connectivity index is 1.61. The van der Waals surface area contributed by atoms with Crippen molar-refractivity contribution in [1.82, 2.24) is 14.8 Å². The molecule has 1 aliphatic carbocycles. The van der Waals surface area contributed by atoms with E-state index < -0.39 is 0 Å². The van der Waals surface area contributed by atoms with Crippen LogP contribution in [0.4, 0.5) is 4.39 Å². The van der Waals surface area contributed by atoms with E-state index in [1.165, 1.54) is 23.4 Å². The predicted octanol–water partition coefficient (Wildman–Crippen LogP) is 4.95. The number of hydrogen-bond donors (Lipinski definition) is 0. The van der Waals surface area contributed by atoms with Crippen LogP contribution in [-0.2, 0) is 6.42 Å². The molecule has 0 amide bonds. The van der Waals surface area contributed by atoms with Crippen LogP contribution in [0.5, 0.6) is 0 Å². The highest BCUT2D eigenvalue weighted by molar-refractivity contribution is 8.00. The second-order valence-corrected chi connectivity index (χ2v) is 7.98. The van der Waals surface area contributed by atoms with E-state index in [2.05, 4.69) is 40.5 Å². The first-order valence-electron chi connectivity index (χ1n) is 8.97. The van der Waals surface area contributed by atoms with E-state index in [-0.39, 0.29) is 17.1 Å². The van der Waals surface area contributed by atoms with Crippen LogP contribution < -0.4 is 0 Å². The molecular weight excluding hydrogens is 359 g/mol. The second kappa shape index (κ2) is 7.53. The van der Waals surface area contributed by atoms with E-state index in [0.29, 0.717) is 23.0 Å². The van der Waals surface area contributed by atoms with Crippen LogP contribution in [0.1, 0.15) is 30.0 Å². The zero-order valence-corrected chi connectivity index (χ0v) is 15.8. The van der Waals surface area contributed by atoms with Gasteiger partial charge in [0.05, 0.1) is 11.6 Å². The summed E-state index contributed by atoms with van der Waals surface area (Å²) < 4.78 is 16.3. The summed E-state index contributed by atoms with van der Waals surface area (Å²) >= 11 is 1.41. The van der Waals surface area contributed by atoms with Crippen LogP contribution in [-0.4, -0.2) is 20.0 Å². The smallest absolute Gasteiger partial charge is 0.193 e. The van der Waals surface area contributed by atoms with Gasteiger partial charge in [-0.25, -0.2) is 4.39 Å². The number of thioether (sulfide) groups is 1. The summed E-state index contributed by atoms with van der Waals surface area (Å²) in [5.74, 6) is 0.241. The van der Waals surface area contributed by atoms with E-state index in [4.69, 9.17) is 0 Å². The van der Waals surface area contributed by atoms with Crippen LogP contribution in [0.15, 0.2) is 53.7 Å². The van der Waals surface area contributed by atoms with Crippen molar-refractivity contribution < 1.29 is 4.39 Å². The van der Waals surface area contributed by atoms with Gasteiger partial charge in [-0.1, -0.05) is 53.7 Å². The standard InChI is InChI=1S/C21H19FN4S/c1-14-6-8-15(9-7-14)12-17(13-23)27-21-25-24-20(26(21)16-10-11-16)18-4-2-3-5-19(18)22/h2-9,16-17H,10-12H2,1H3/t17-/m1/s1. The van der Waals surface area contributed by atoms with Crippen molar-refractivity contribution >= 4 is 11.8 Å². The first kappa shape index (κ1) is 17.7. The summed E-state index contributed by atoms with van der Waals surface area (Å²) in [7, 11) is 0. The first-order valence-corrected chi connectivity index (χ1v) is 9.85. The number of nitrogens with zero attached hydrogens (tertiary/aromatic N) is 4. The van der Waals surface area contributed by atoms with Gasteiger partial charge in [-0.05, 0) is 43.9 Å². The van der Waals surface area contributed by atoms with E-state index in [9.17, 15) is 9.65 Å². The molecule has 4 nitrogen and oxygen atoms in total. The number of benzene rings is 2. The van der Waals surface area contributed by atoms with Gasteiger partial charge in [0.1, 0.15) is 11.1 Å². The lowest BCUT2D eigenvalue weighted by Gasteiger charge is -2.12. The molecule has 1 heterocycles. The van der Waals surface area contributed by atoms with Crippen molar-refractivity contribution in [2.75, 3.05) is 0 Å². The molecule has 1 aromatic heterocycles. The molecule has 0 saturated heterocycles. The third-order valence-electron chi connectivity index (χ3n) is 4.62. The van der Waals surface area contributed by atoms with Crippen LogP contribution >= 0.6 is 11.8 Å². The summed E-state index contributed by atoms with van der Waals surface area (Å²) in [6.45, 7) is 2.04. The summed E-state index contributed by atoms with van der Waals surface area (Å²) in [6.07, 6.45) is 2.69. The highest BCUT2D eigenvalue weighted by atomic mass is 32.2. The molecule has 6 heteroatoms. The highest BCUT2D eigenvalue weighted by Crippen LogP contribution is 2.42. The molecule has 3 aromatic rings. The molecule has 4 rings (SSSR count). The fraction of sp³-hybridized carbons (Fsp3) is 0.286. The molecule has 0 spiro atoms. The normalized spacial score (nSPS) is 14.7. The SMILES string of the molecule is Cc1ccc(C[C@H](C#N)Sc2nnc(-c3ccccc3F)n2C2CC2)cc1. The maximum absolute atomic E-state index is 14.3. The van der Waals surface area contributed by atoms with Gasteiger partial charge in [0.2, 0.25) is 0 Å². The van der Waals surface area contributed by atoms with E-state index in [1.54, 1.807) is 18.2 Å². The fourth-order valence-corrected chi connectivity index (χ4v) is 4.04. The van der Waals surface area contributed by atoms with Gasteiger partial charge >= 0.3 is 0 Å². The minimum absolute atomic E-state index is 0.275. The van der Waals surface area contributed by atoms with Crippen LogP contribution in [0.3, 0.4) is 0 Å². The Kier molecular flexibility index (Phi) is 4.95. The molecule has 0 bridgehead atoms. The highest BCUT2D eigenvalue weighted by Gasteiger charge is 2.31. The number of nitriles is 1. The lowest BCUT2D eigenvalue weighted by molar-refractivity contribution is 0.622. The Hall–Kier alpha value is -2.65. The largest absolute Gasteiger partial charge is 0.299 e. The zero-order valence-electron chi connectivity index (χ0n) is 15.0. The molecule has 27 heavy (non-hydrogen) atoms. The summed E-state index contributed by atoms with van der Waals surface area (Å²) in [5.41, 5.74) is 2.77. The Morgan fingerprint density at radius 3 is 2.59 bits per heavy atom. The molecule has 136 valence electrons. The molecule has 2 aromatic carbocycles. The molecule has 1 aliphatic rings. The maximum atomic E-state index is 14.3. The molecule has 0 N–H and O–H groups in total. The first-order chi connectivity index (χ1) is 13.2. The van der Waals surface area contributed by atoms with Crippen LogP contribution in [0.2, 0.25) is 0 Å². The van der Waals surface area contributed by atoms with Gasteiger partial charge in [0, 0.05) is 6.04 Å². The Bertz CT molecular complexity index is 986. The van der Waals surface area contributed by atoms with E-state index in [0.717, 1.165) is 18.4 Å². The van der Waals surface area contributed by atoms with Gasteiger partial charge in [-0.15, -0.1) is 10.2 Å². The lowest BCUT2D eigenvalue weighted by Crippen LogP contribution is -2.07. The molecular formula is C21H19FN4S. The second-order valence-electron chi connectivity index (χ2n) is 6.81. The Labute approximate surface area is 162 Å². The van der Waals surface area contributed by atoms with Crippen LogP contribution in [0.25, 0.3) is 11.4 Å². The molecule has 0 radical (unpaired) electrons. The van der Waals surface area contributed by atoms with Crippen molar-refractivity contribution in [3.05, 3.63) is 65.5 Å². The van der Waals surface area contributed by atoms with Crippen molar-refractivity contribution in [2.45, 2.75) is 42.6 Å². The van der Waals surface area contributed by atoms with E-state index in [1.807, 2.05) is 11.5 Å². The van der Waals surface area contributed by atoms with Crippen molar-refractivity contribution in [3.8, 4) is 17.5 Å². The summed E-state index contributed by atoms with van der Waals surface area (Å²) in [4.78, 5) is 0. The number of aromatic nitrogens is 3. The molecule has 1 atom stereocenters. The van der Waals surface area contributed by atoms with Crippen molar-refractivity contribution in [3.63, 3.8) is 0 Å². The average Bonchev–Trinajstić information content (AvgIpc) is 3.44. The molecule has 1 fully saturated rings. The fourth-order valence-electron chi connectivity index (χ4n) is 3.02. The van der Waals surface area contributed by atoms with Gasteiger partial charge in [-0.3, -0.25) is 4.57 Å². The molecule has 1 saturated carbocycles. The average molecular weight is 378 g/mol. The predicted molar refractivity (Wildman–Crippen MR) is 104 cm³/mol. The summed E-state index contributed by atoms with van der Waals surface area (Å²) in [6, 6.07) is 17.5. The van der Waals surface area contributed by atoms with Crippen LogP contribution in [0, 0.1) is 24.1 Å². The Morgan fingerprint density at radius 1 is 1.19 bits per heavy atom. The topological polar surface area (TPSA) is 54.5 Å².